The van der Waals surface area contributed by atoms with Crippen molar-refractivity contribution >= 4 is 37.1 Å². The van der Waals surface area contributed by atoms with Crippen LogP contribution in [0.5, 0.6) is 5.75 Å². The van der Waals surface area contributed by atoms with E-state index < -0.39 is 25.9 Å². The highest BCUT2D eigenvalue weighted by Gasteiger charge is 2.29. The SMILES string of the molecule is COc1ccc(S(=O)(=O)Nc2ccc3c(c2)CN(S(=O)(=O)c2cccs2)CC3)cc1F. The lowest BCUT2D eigenvalue weighted by atomic mass is 10.0. The molecule has 7 nitrogen and oxygen atoms in total. The fraction of sp³-hybridized carbons (Fsp3) is 0.200. The molecule has 0 saturated carbocycles. The summed E-state index contributed by atoms with van der Waals surface area (Å²) in [5, 5.41) is 1.71. The van der Waals surface area contributed by atoms with Crippen LogP contribution < -0.4 is 9.46 Å². The van der Waals surface area contributed by atoms with Crippen molar-refractivity contribution in [3.63, 3.8) is 0 Å². The molecule has 31 heavy (non-hydrogen) atoms. The Kier molecular flexibility index (Phi) is 5.77. The van der Waals surface area contributed by atoms with Gasteiger partial charge in [0.2, 0.25) is 0 Å². The molecule has 1 aromatic heterocycles. The number of sulfonamides is 2. The van der Waals surface area contributed by atoms with Crippen LogP contribution in [0.4, 0.5) is 10.1 Å². The Labute approximate surface area is 184 Å². The summed E-state index contributed by atoms with van der Waals surface area (Å²) in [6, 6.07) is 11.6. The van der Waals surface area contributed by atoms with Gasteiger partial charge in [0.15, 0.2) is 11.6 Å². The normalized spacial score (nSPS) is 14.8. The van der Waals surface area contributed by atoms with Gasteiger partial charge in [-0.15, -0.1) is 11.3 Å². The molecule has 0 aliphatic carbocycles. The van der Waals surface area contributed by atoms with E-state index in [0.717, 1.165) is 23.0 Å². The number of hydrogen-bond acceptors (Lipinski definition) is 6. The largest absolute Gasteiger partial charge is 0.494 e. The number of nitrogens with one attached hydrogen (secondary N) is 1. The summed E-state index contributed by atoms with van der Waals surface area (Å²) in [5.74, 6) is -0.843. The van der Waals surface area contributed by atoms with Gasteiger partial charge in [-0.1, -0.05) is 12.1 Å². The quantitative estimate of drug-likeness (QED) is 0.581. The van der Waals surface area contributed by atoms with Crippen molar-refractivity contribution in [2.75, 3.05) is 18.4 Å². The van der Waals surface area contributed by atoms with E-state index in [4.69, 9.17) is 4.74 Å². The van der Waals surface area contributed by atoms with Crippen LogP contribution in [0, 0.1) is 5.82 Å². The molecule has 1 N–H and O–H groups in total. The Morgan fingerprint density at radius 1 is 1.06 bits per heavy atom. The number of rotatable bonds is 6. The summed E-state index contributed by atoms with van der Waals surface area (Å²) < 4.78 is 73.8. The summed E-state index contributed by atoms with van der Waals surface area (Å²) in [6.45, 7) is 0.492. The zero-order chi connectivity index (χ0) is 22.2. The first-order chi connectivity index (χ1) is 14.7. The van der Waals surface area contributed by atoms with Crippen LogP contribution in [0.3, 0.4) is 0 Å². The molecule has 0 unspecified atom stereocenters. The predicted molar refractivity (Wildman–Crippen MR) is 116 cm³/mol. The van der Waals surface area contributed by atoms with Gasteiger partial charge < -0.3 is 4.74 Å². The maximum absolute atomic E-state index is 13.9. The molecule has 0 amide bonds. The molecule has 0 spiro atoms. The van der Waals surface area contributed by atoms with Crippen molar-refractivity contribution in [3.8, 4) is 5.75 Å². The smallest absolute Gasteiger partial charge is 0.262 e. The number of anilines is 1. The van der Waals surface area contributed by atoms with Gasteiger partial charge in [-0.2, -0.15) is 4.31 Å². The van der Waals surface area contributed by atoms with Gasteiger partial charge in [-0.3, -0.25) is 4.72 Å². The lowest BCUT2D eigenvalue weighted by Gasteiger charge is -2.28. The van der Waals surface area contributed by atoms with Crippen LogP contribution >= 0.6 is 11.3 Å². The second kappa shape index (κ2) is 8.23. The summed E-state index contributed by atoms with van der Waals surface area (Å²) in [5.41, 5.74) is 1.94. The molecule has 0 fully saturated rings. The zero-order valence-corrected chi connectivity index (χ0v) is 18.9. The number of nitrogens with zero attached hydrogens (tertiary/aromatic N) is 1. The van der Waals surface area contributed by atoms with Crippen molar-refractivity contribution < 1.29 is 26.0 Å². The number of halogens is 1. The molecular weight excluding hydrogens is 463 g/mol. The van der Waals surface area contributed by atoms with Crippen molar-refractivity contribution in [3.05, 3.63) is 70.9 Å². The van der Waals surface area contributed by atoms with Gasteiger partial charge >= 0.3 is 0 Å². The van der Waals surface area contributed by atoms with E-state index in [9.17, 15) is 21.2 Å². The van der Waals surface area contributed by atoms with Crippen LogP contribution in [0.1, 0.15) is 11.1 Å². The maximum Gasteiger partial charge on any atom is 0.262 e. The van der Waals surface area contributed by atoms with E-state index >= 15 is 0 Å². The van der Waals surface area contributed by atoms with Crippen molar-refractivity contribution in [2.24, 2.45) is 0 Å². The van der Waals surface area contributed by atoms with E-state index in [1.165, 1.54) is 23.5 Å². The number of methoxy groups -OCH3 is 1. The summed E-state index contributed by atoms with van der Waals surface area (Å²) in [4.78, 5) is -0.245. The van der Waals surface area contributed by atoms with Crippen molar-refractivity contribution in [1.29, 1.82) is 0 Å². The fourth-order valence-corrected chi connectivity index (χ4v) is 6.99. The molecule has 4 rings (SSSR count). The molecule has 3 aromatic rings. The van der Waals surface area contributed by atoms with Gasteiger partial charge in [-0.05, 0) is 59.3 Å². The minimum absolute atomic E-state index is 0.0558. The van der Waals surface area contributed by atoms with E-state index in [-0.39, 0.29) is 27.1 Å². The summed E-state index contributed by atoms with van der Waals surface area (Å²) in [7, 11) is -6.35. The van der Waals surface area contributed by atoms with Gasteiger partial charge in [-0.25, -0.2) is 21.2 Å². The molecule has 2 aromatic carbocycles. The third kappa shape index (κ3) is 4.31. The number of thiophene rings is 1. The molecule has 1 aliphatic heterocycles. The topological polar surface area (TPSA) is 92.8 Å². The number of hydrogen-bond donors (Lipinski definition) is 1. The molecule has 0 radical (unpaired) electrons. The minimum atomic E-state index is -4.04. The first-order valence-corrected chi connectivity index (χ1v) is 13.0. The Bertz CT molecular complexity index is 1320. The van der Waals surface area contributed by atoms with Crippen LogP contribution in [-0.2, 0) is 33.0 Å². The van der Waals surface area contributed by atoms with Gasteiger partial charge in [0.25, 0.3) is 20.0 Å². The van der Waals surface area contributed by atoms with Gasteiger partial charge in [0, 0.05) is 18.8 Å². The third-order valence-corrected chi connectivity index (χ3v) is 9.56. The lowest BCUT2D eigenvalue weighted by molar-refractivity contribution is 0.385. The number of ether oxygens (including phenoxy) is 1. The fourth-order valence-electron chi connectivity index (χ4n) is 3.37. The van der Waals surface area contributed by atoms with Crippen LogP contribution in [0.2, 0.25) is 0 Å². The highest BCUT2D eigenvalue weighted by atomic mass is 32.2. The highest BCUT2D eigenvalue weighted by molar-refractivity contribution is 7.92. The number of benzene rings is 2. The summed E-state index contributed by atoms with van der Waals surface area (Å²) in [6.07, 6.45) is 0.524. The maximum atomic E-state index is 13.9. The molecule has 1 aliphatic rings. The summed E-state index contributed by atoms with van der Waals surface area (Å²) >= 11 is 1.16. The van der Waals surface area contributed by atoms with E-state index in [1.807, 2.05) is 0 Å². The van der Waals surface area contributed by atoms with Crippen LogP contribution in [0.25, 0.3) is 0 Å². The van der Waals surface area contributed by atoms with Gasteiger partial charge in [0.05, 0.1) is 12.0 Å². The van der Waals surface area contributed by atoms with Gasteiger partial charge in [0.1, 0.15) is 4.21 Å². The standard InChI is InChI=1S/C20H19FN2O5S3/c1-28-19-7-6-17(12-18(19)21)30(24,25)22-16-5-4-14-8-9-23(13-15(14)11-16)31(26,27)20-3-2-10-29-20/h2-7,10-12,22H,8-9,13H2,1H3. The molecule has 164 valence electrons. The first kappa shape index (κ1) is 21.8. The Balaban J connectivity index is 1.58. The van der Waals surface area contributed by atoms with E-state index in [1.54, 1.807) is 35.7 Å². The van der Waals surface area contributed by atoms with Crippen LogP contribution in [-0.4, -0.2) is 34.8 Å². The molecule has 0 saturated heterocycles. The molecule has 11 heteroatoms. The number of fused-ring (bicyclic) bond motifs is 1. The minimum Gasteiger partial charge on any atom is -0.494 e. The Morgan fingerprint density at radius 3 is 2.55 bits per heavy atom. The average molecular weight is 483 g/mol. The van der Waals surface area contributed by atoms with E-state index in [0.29, 0.717) is 18.5 Å². The third-order valence-electron chi connectivity index (χ3n) is 4.96. The monoisotopic (exact) mass is 482 g/mol. The van der Waals surface area contributed by atoms with Crippen molar-refractivity contribution in [1.82, 2.24) is 4.31 Å². The van der Waals surface area contributed by atoms with Crippen molar-refractivity contribution in [2.45, 2.75) is 22.1 Å². The highest BCUT2D eigenvalue weighted by Crippen LogP contribution is 2.30. The second-order valence-electron chi connectivity index (χ2n) is 6.91. The molecule has 0 atom stereocenters. The van der Waals surface area contributed by atoms with Crippen LogP contribution in [0.15, 0.2) is 63.0 Å². The average Bonchev–Trinajstić information content (AvgIpc) is 3.28. The second-order valence-corrected chi connectivity index (χ2v) is 11.7. The Morgan fingerprint density at radius 2 is 1.87 bits per heavy atom. The molecule has 0 bridgehead atoms. The Hall–Kier alpha value is -2.47. The lowest BCUT2D eigenvalue weighted by Crippen LogP contribution is -2.35. The predicted octanol–water partition coefficient (Wildman–Crippen LogP) is 3.44. The molecule has 2 heterocycles. The zero-order valence-electron chi connectivity index (χ0n) is 16.4. The van der Waals surface area contributed by atoms with E-state index in [2.05, 4.69) is 4.72 Å². The first-order valence-electron chi connectivity index (χ1n) is 9.22. The molecular formula is C20H19FN2O5S3.